The Balaban J connectivity index is 1.54. The van der Waals surface area contributed by atoms with Gasteiger partial charge in [-0.25, -0.2) is 0 Å². The van der Waals surface area contributed by atoms with E-state index < -0.39 is 0 Å². The standard InChI is InChI=1S/C18H23N3O3/c1-13-19-17(24-20-13)7-8-18(23)21-10-9-16(22)15(12-21)11-14-5-3-2-4-6-14/h2-6,15-16,22H,7-12H2,1H3/t15-,16-/m1/s1. The van der Waals surface area contributed by atoms with Crippen LogP contribution in [0.5, 0.6) is 0 Å². The molecule has 24 heavy (non-hydrogen) atoms. The second-order valence-electron chi connectivity index (χ2n) is 6.38. The number of nitrogens with zero attached hydrogens (tertiary/aromatic N) is 3. The molecule has 0 saturated carbocycles. The Hall–Kier alpha value is -2.21. The summed E-state index contributed by atoms with van der Waals surface area (Å²) in [5.74, 6) is 1.24. The highest BCUT2D eigenvalue weighted by molar-refractivity contribution is 5.76. The third kappa shape index (κ3) is 4.20. The number of hydrogen-bond donors (Lipinski definition) is 1. The zero-order valence-corrected chi connectivity index (χ0v) is 13.9. The van der Waals surface area contributed by atoms with Crippen molar-refractivity contribution in [1.82, 2.24) is 15.0 Å². The zero-order chi connectivity index (χ0) is 16.9. The van der Waals surface area contributed by atoms with Crippen LogP contribution in [0.4, 0.5) is 0 Å². The third-order valence-corrected chi connectivity index (χ3v) is 4.51. The van der Waals surface area contributed by atoms with Crippen molar-refractivity contribution >= 4 is 5.91 Å². The van der Waals surface area contributed by atoms with Crippen LogP contribution in [-0.4, -0.2) is 45.2 Å². The molecule has 2 atom stereocenters. The minimum Gasteiger partial charge on any atom is -0.393 e. The predicted molar refractivity (Wildman–Crippen MR) is 88.2 cm³/mol. The van der Waals surface area contributed by atoms with Crippen LogP contribution in [0.2, 0.25) is 0 Å². The highest BCUT2D eigenvalue weighted by Crippen LogP contribution is 2.22. The van der Waals surface area contributed by atoms with E-state index in [-0.39, 0.29) is 17.9 Å². The summed E-state index contributed by atoms with van der Waals surface area (Å²) in [5.41, 5.74) is 1.19. The van der Waals surface area contributed by atoms with Gasteiger partial charge >= 0.3 is 0 Å². The van der Waals surface area contributed by atoms with Crippen LogP contribution in [0.3, 0.4) is 0 Å². The van der Waals surface area contributed by atoms with Crippen LogP contribution < -0.4 is 0 Å². The van der Waals surface area contributed by atoms with Crippen LogP contribution in [0, 0.1) is 12.8 Å². The third-order valence-electron chi connectivity index (χ3n) is 4.51. The van der Waals surface area contributed by atoms with Gasteiger partial charge in [-0.1, -0.05) is 35.5 Å². The van der Waals surface area contributed by atoms with Crippen molar-refractivity contribution in [1.29, 1.82) is 0 Å². The number of carbonyl (C=O) groups is 1. The molecule has 0 spiro atoms. The summed E-state index contributed by atoms with van der Waals surface area (Å²) in [4.78, 5) is 18.4. The molecule has 1 aromatic heterocycles. The summed E-state index contributed by atoms with van der Waals surface area (Å²) in [6.07, 6.45) is 1.88. The molecule has 6 heteroatoms. The van der Waals surface area contributed by atoms with E-state index in [0.717, 1.165) is 6.42 Å². The molecule has 2 heterocycles. The van der Waals surface area contributed by atoms with Gasteiger partial charge in [-0.15, -0.1) is 0 Å². The number of hydrogen-bond acceptors (Lipinski definition) is 5. The lowest BCUT2D eigenvalue weighted by molar-refractivity contribution is -0.135. The Morgan fingerprint density at radius 2 is 2.17 bits per heavy atom. The van der Waals surface area contributed by atoms with Crippen molar-refractivity contribution in [3.05, 3.63) is 47.6 Å². The molecule has 1 fully saturated rings. The van der Waals surface area contributed by atoms with Gasteiger partial charge in [-0.05, 0) is 25.3 Å². The van der Waals surface area contributed by atoms with E-state index in [1.165, 1.54) is 5.56 Å². The molecule has 128 valence electrons. The second kappa shape index (κ2) is 7.57. The Bertz CT molecular complexity index is 671. The van der Waals surface area contributed by atoms with Gasteiger partial charge in [-0.2, -0.15) is 4.98 Å². The van der Waals surface area contributed by atoms with Crippen LogP contribution >= 0.6 is 0 Å². The monoisotopic (exact) mass is 329 g/mol. The summed E-state index contributed by atoms with van der Waals surface area (Å²) >= 11 is 0. The molecule has 0 radical (unpaired) electrons. The van der Waals surface area contributed by atoms with Crippen LogP contribution in [0.25, 0.3) is 0 Å². The summed E-state index contributed by atoms with van der Waals surface area (Å²) < 4.78 is 5.05. The number of benzene rings is 1. The predicted octanol–water partition coefficient (Wildman–Crippen LogP) is 1.76. The van der Waals surface area contributed by atoms with Gasteiger partial charge in [-0.3, -0.25) is 4.79 Å². The first-order valence-electron chi connectivity index (χ1n) is 8.41. The first kappa shape index (κ1) is 16.6. The minimum absolute atomic E-state index is 0.0794. The van der Waals surface area contributed by atoms with E-state index >= 15 is 0 Å². The number of amides is 1. The average Bonchev–Trinajstić information content (AvgIpc) is 3.01. The van der Waals surface area contributed by atoms with Gasteiger partial charge in [0.2, 0.25) is 11.8 Å². The highest BCUT2D eigenvalue weighted by Gasteiger charge is 2.30. The van der Waals surface area contributed by atoms with E-state index in [1.54, 1.807) is 6.92 Å². The van der Waals surface area contributed by atoms with E-state index in [4.69, 9.17) is 4.52 Å². The fourth-order valence-electron chi connectivity index (χ4n) is 3.18. The number of carbonyl (C=O) groups excluding carboxylic acids is 1. The maximum Gasteiger partial charge on any atom is 0.227 e. The van der Waals surface area contributed by atoms with Gasteiger partial charge in [0.25, 0.3) is 0 Å². The van der Waals surface area contributed by atoms with Crippen LogP contribution in [0.15, 0.2) is 34.9 Å². The molecule has 6 nitrogen and oxygen atoms in total. The van der Waals surface area contributed by atoms with Crippen LogP contribution in [0.1, 0.15) is 30.1 Å². The molecule has 0 aliphatic carbocycles. The molecule has 0 bridgehead atoms. The number of aliphatic hydroxyl groups is 1. The molecule has 1 aliphatic rings. The molecule has 2 aromatic rings. The van der Waals surface area contributed by atoms with Crippen molar-refractivity contribution in [2.45, 2.75) is 38.7 Å². The smallest absolute Gasteiger partial charge is 0.227 e. The Labute approximate surface area is 141 Å². The van der Waals surface area contributed by atoms with E-state index in [0.29, 0.717) is 44.1 Å². The quantitative estimate of drug-likeness (QED) is 0.904. The second-order valence-corrected chi connectivity index (χ2v) is 6.38. The van der Waals surface area contributed by atoms with Gasteiger partial charge in [0.05, 0.1) is 6.10 Å². The largest absolute Gasteiger partial charge is 0.393 e. The van der Waals surface area contributed by atoms with E-state index in [1.807, 2.05) is 23.1 Å². The fraction of sp³-hybridized carbons (Fsp3) is 0.500. The summed E-state index contributed by atoms with van der Waals surface area (Å²) in [7, 11) is 0. The molecular formula is C18H23N3O3. The lowest BCUT2D eigenvalue weighted by Gasteiger charge is -2.36. The lowest BCUT2D eigenvalue weighted by atomic mass is 9.88. The molecule has 1 aromatic carbocycles. The molecule has 1 amide bonds. The first-order chi connectivity index (χ1) is 11.6. The molecule has 3 rings (SSSR count). The van der Waals surface area contributed by atoms with E-state index in [9.17, 15) is 9.90 Å². The summed E-state index contributed by atoms with van der Waals surface area (Å²) in [6.45, 7) is 2.96. The van der Waals surface area contributed by atoms with Gasteiger partial charge in [0, 0.05) is 31.8 Å². The zero-order valence-electron chi connectivity index (χ0n) is 13.9. The van der Waals surface area contributed by atoms with Crippen molar-refractivity contribution in [3.63, 3.8) is 0 Å². The maximum absolute atomic E-state index is 12.4. The van der Waals surface area contributed by atoms with E-state index in [2.05, 4.69) is 22.3 Å². The van der Waals surface area contributed by atoms with Crippen molar-refractivity contribution in [2.24, 2.45) is 5.92 Å². The molecule has 1 aliphatic heterocycles. The normalized spacial score (nSPS) is 21.0. The molecule has 0 unspecified atom stereocenters. The Morgan fingerprint density at radius 1 is 1.38 bits per heavy atom. The van der Waals surface area contributed by atoms with Gasteiger partial charge in [0.1, 0.15) is 0 Å². The topological polar surface area (TPSA) is 79.5 Å². The summed E-state index contributed by atoms with van der Waals surface area (Å²) in [5, 5.41) is 14.0. The number of rotatable bonds is 5. The molecule has 1 saturated heterocycles. The van der Waals surface area contributed by atoms with Gasteiger partial charge < -0.3 is 14.5 Å². The summed E-state index contributed by atoms with van der Waals surface area (Å²) in [6, 6.07) is 10.1. The van der Waals surface area contributed by atoms with Crippen LogP contribution in [-0.2, 0) is 17.6 Å². The fourth-order valence-corrected chi connectivity index (χ4v) is 3.18. The average molecular weight is 329 g/mol. The van der Waals surface area contributed by atoms with Crippen molar-refractivity contribution < 1.29 is 14.4 Å². The van der Waals surface area contributed by atoms with Gasteiger partial charge in [0.15, 0.2) is 5.82 Å². The minimum atomic E-state index is -0.354. The van der Waals surface area contributed by atoms with Crippen molar-refractivity contribution in [2.75, 3.05) is 13.1 Å². The molecular weight excluding hydrogens is 306 g/mol. The maximum atomic E-state index is 12.4. The number of piperidine rings is 1. The number of aromatic nitrogens is 2. The number of aryl methyl sites for hydroxylation is 2. The highest BCUT2D eigenvalue weighted by atomic mass is 16.5. The Kier molecular flexibility index (Phi) is 5.25. The SMILES string of the molecule is Cc1noc(CCC(=O)N2CC[C@@H](O)[C@H](Cc3ccccc3)C2)n1. The first-order valence-corrected chi connectivity index (χ1v) is 8.41. The molecule has 1 N–H and O–H groups in total. The lowest BCUT2D eigenvalue weighted by Crippen LogP contribution is -2.46. The number of aliphatic hydroxyl groups excluding tert-OH is 1. The Morgan fingerprint density at radius 3 is 2.88 bits per heavy atom. The van der Waals surface area contributed by atoms with Crippen molar-refractivity contribution in [3.8, 4) is 0 Å². The number of likely N-dealkylation sites (tertiary alicyclic amines) is 1.